The molecule has 2 atom stereocenters. The van der Waals surface area contributed by atoms with Crippen LogP contribution in [0.3, 0.4) is 0 Å². The zero-order chi connectivity index (χ0) is 15.3. The molecule has 1 fully saturated rings. The first kappa shape index (κ1) is 17.3. The van der Waals surface area contributed by atoms with Crippen LogP contribution in [0.5, 0.6) is 0 Å². The van der Waals surface area contributed by atoms with Gasteiger partial charge in [0.1, 0.15) is 4.21 Å². The Morgan fingerprint density at radius 1 is 1.38 bits per heavy atom. The molecule has 2 rings (SSSR count). The van der Waals surface area contributed by atoms with Gasteiger partial charge in [0.2, 0.25) is 10.0 Å². The maximum absolute atomic E-state index is 12.5. The van der Waals surface area contributed by atoms with Crippen LogP contribution in [0, 0.1) is 0 Å². The molecule has 1 heterocycles. The Morgan fingerprint density at radius 3 is 2.90 bits per heavy atom. The highest BCUT2D eigenvalue weighted by Gasteiger charge is 2.26. The summed E-state index contributed by atoms with van der Waals surface area (Å²) in [4.78, 5) is 1.11. The molecular weight excluding hydrogens is 324 g/mol. The molecule has 21 heavy (non-hydrogen) atoms. The fourth-order valence-electron chi connectivity index (χ4n) is 2.63. The van der Waals surface area contributed by atoms with Gasteiger partial charge in [0.05, 0.1) is 0 Å². The van der Waals surface area contributed by atoms with Crippen molar-refractivity contribution in [2.45, 2.75) is 47.6 Å². The summed E-state index contributed by atoms with van der Waals surface area (Å²) in [5.41, 5.74) is 0. The third-order valence-corrected chi connectivity index (χ3v) is 8.06. The van der Waals surface area contributed by atoms with Gasteiger partial charge < -0.3 is 5.32 Å². The Morgan fingerprint density at radius 2 is 2.19 bits per heavy atom. The van der Waals surface area contributed by atoms with E-state index in [2.05, 4.69) is 16.3 Å². The molecule has 0 aromatic carbocycles. The summed E-state index contributed by atoms with van der Waals surface area (Å²) < 4.78 is 28.3. The van der Waals surface area contributed by atoms with E-state index in [1.54, 1.807) is 6.07 Å². The number of nitrogens with one attached hydrogen (secondary N) is 2. The number of sulfonamides is 1. The van der Waals surface area contributed by atoms with Crippen molar-refractivity contribution in [3.63, 3.8) is 0 Å². The van der Waals surface area contributed by atoms with Gasteiger partial charge >= 0.3 is 0 Å². The van der Waals surface area contributed by atoms with Crippen LogP contribution in [0.15, 0.2) is 16.3 Å². The van der Waals surface area contributed by atoms with Crippen LogP contribution >= 0.6 is 23.1 Å². The van der Waals surface area contributed by atoms with Crippen LogP contribution in [0.25, 0.3) is 0 Å². The molecule has 0 aliphatic heterocycles. The quantitative estimate of drug-likeness (QED) is 0.795. The van der Waals surface area contributed by atoms with Gasteiger partial charge in [-0.3, -0.25) is 0 Å². The van der Waals surface area contributed by atoms with Crippen LogP contribution in [0.4, 0.5) is 0 Å². The monoisotopic (exact) mass is 348 g/mol. The molecule has 4 nitrogen and oxygen atoms in total. The van der Waals surface area contributed by atoms with E-state index >= 15 is 0 Å². The molecule has 1 aliphatic rings. The van der Waals surface area contributed by atoms with Gasteiger partial charge in [-0.15, -0.1) is 11.3 Å². The number of hydrogen-bond acceptors (Lipinski definition) is 5. The summed E-state index contributed by atoms with van der Waals surface area (Å²) in [7, 11) is -1.46. The number of thiophene rings is 1. The van der Waals surface area contributed by atoms with E-state index < -0.39 is 10.0 Å². The zero-order valence-corrected chi connectivity index (χ0v) is 15.0. The predicted molar refractivity (Wildman–Crippen MR) is 91.8 cm³/mol. The summed E-state index contributed by atoms with van der Waals surface area (Å²) in [5, 5.41) is 3.66. The van der Waals surface area contributed by atoms with Crippen molar-refractivity contribution < 1.29 is 8.42 Å². The van der Waals surface area contributed by atoms with Gasteiger partial charge in [0, 0.05) is 16.2 Å². The Balaban J connectivity index is 1.99. The molecule has 120 valence electrons. The summed E-state index contributed by atoms with van der Waals surface area (Å²) in [6.07, 6.45) is 7.18. The molecule has 2 unspecified atom stereocenters. The summed E-state index contributed by atoms with van der Waals surface area (Å²) in [6.45, 7) is 0.867. The molecule has 0 spiro atoms. The van der Waals surface area contributed by atoms with E-state index in [0.29, 0.717) is 9.46 Å². The summed E-state index contributed by atoms with van der Waals surface area (Å²) in [5.74, 6) is 0. The van der Waals surface area contributed by atoms with E-state index in [1.807, 2.05) is 24.9 Å². The summed E-state index contributed by atoms with van der Waals surface area (Å²) in [6, 6.07) is 3.73. The lowest BCUT2D eigenvalue weighted by Gasteiger charge is -2.28. The van der Waals surface area contributed by atoms with E-state index in [4.69, 9.17) is 0 Å². The Bertz CT molecular complexity index is 542. The number of hydrogen-bond donors (Lipinski definition) is 2. The first-order valence-corrected chi connectivity index (χ1v) is 10.9. The van der Waals surface area contributed by atoms with E-state index in [-0.39, 0.29) is 6.04 Å². The maximum atomic E-state index is 12.5. The van der Waals surface area contributed by atoms with Crippen LogP contribution in [0.2, 0.25) is 0 Å². The largest absolute Gasteiger partial charge is 0.319 e. The zero-order valence-electron chi connectivity index (χ0n) is 12.6. The smallest absolute Gasteiger partial charge is 0.250 e. The molecule has 2 N–H and O–H groups in total. The molecule has 1 aliphatic carbocycles. The lowest BCUT2D eigenvalue weighted by Crippen LogP contribution is -2.38. The van der Waals surface area contributed by atoms with Gasteiger partial charge in [-0.1, -0.05) is 6.42 Å². The van der Waals surface area contributed by atoms with Crippen molar-refractivity contribution in [3.8, 4) is 0 Å². The second kappa shape index (κ2) is 7.97. The molecule has 0 amide bonds. The second-order valence-electron chi connectivity index (χ2n) is 5.42. The molecular formula is C14H24N2O2S3. The highest BCUT2D eigenvalue weighted by atomic mass is 32.2. The number of rotatable bonds is 7. The van der Waals surface area contributed by atoms with Crippen molar-refractivity contribution >= 4 is 33.1 Å². The minimum Gasteiger partial charge on any atom is -0.319 e. The fourth-order valence-corrected chi connectivity index (χ4v) is 6.11. The molecule has 1 saturated carbocycles. The highest BCUT2D eigenvalue weighted by molar-refractivity contribution is 7.99. The SMILES string of the molecule is CNCCc1ccc(S(=O)(=O)NC2CCCC(SC)C2)s1. The van der Waals surface area contributed by atoms with E-state index in [9.17, 15) is 8.42 Å². The first-order valence-electron chi connectivity index (χ1n) is 7.33. The molecule has 0 radical (unpaired) electrons. The van der Waals surface area contributed by atoms with Crippen LogP contribution in [-0.4, -0.2) is 39.6 Å². The molecule has 7 heteroatoms. The third kappa shape index (κ3) is 4.96. The van der Waals surface area contributed by atoms with Crippen molar-refractivity contribution in [3.05, 3.63) is 17.0 Å². The standard InChI is InChI=1S/C14H24N2O2S3/c1-15-9-8-12-6-7-14(20-12)21(17,18)16-11-4-3-5-13(10-11)19-2/h6-7,11,13,15-16H,3-5,8-10H2,1-2H3. The van der Waals surface area contributed by atoms with Crippen molar-refractivity contribution in [1.29, 1.82) is 0 Å². The fraction of sp³-hybridized carbons (Fsp3) is 0.714. The second-order valence-corrected chi connectivity index (χ2v) is 9.66. The number of likely N-dealkylation sites (N-methyl/N-ethyl adjacent to an activating group) is 1. The number of thioether (sulfide) groups is 1. The Hall–Kier alpha value is -0.0800. The van der Waals surface area contributed by atoms with Crippen LogP contribution in [-0.2, 0) is 16.4 Å². The Kier molecular flexibility index (Phi) is 6.55. The highest BCUT2D eigenvalue weighted by Crippen LogP contribution is 2.29. The van der Waals surface area contributed by atoms with E-state index in [1.165, 1.54) is 17.8 Å². The van der Waals surface area contributed by atoms with Gasteiger partial charge in [-0.05, 0) is 57.7 Å². The minimum atomic E-state index is -3.36. The summed E-state index contributed by atoms with van der Waals surface area (Å²) >= 11 is 3.22. The van der Waals surface area contributed by atoms with Gasteiger partial charge in [-0.25, -0.2) is 13.1 Å². The van der Waals surface area contributed by atoms with Crippen LogP contribution < -0.4 is 10.0 Å². The predicted octanol–water partition coefficient (Wildman–Crippen LogP) is 2.46. The van der Waals surface area contributed by atoms with E-state index in [0.717, 1.165) is 37.1 Å². The Labute approximate surface area is 136 Å². The van der Waals surface area contributed by atoms with Crippen molar-refractivity contribution in [1.82, 2.24) is 10.0 Å². The molecule has 0 bridgehead atoms. The lowest BCUT2D eigenvalue weighted by molar-refractivity contribution is 0.421. The molecule has 1 aromatic rings. The normalized spacial score (nSPS) is 23.3. The third-order valence-electron chi connectivity index (χ3n) is 3.80. The van der Waals surface area contributed by atoms with Gasteiger partial charge in [0.25, 0.3) is 0 Å². The lowest BCUT2D eigenvalue weighted by atomic mass is 9.96. The molecule has 1 aromatic heterocycles. The average Bonchev–Trinajstić information content (AvgIpc) is 2.94. The van der Waals surface area contributed by atoms with Gasteiger partial charge in [-0.2, -0.15) is 11.8 Å². The van der Waals surface area contributed by atoms with Crippen molar-refractivity contribution in [2.75, 3.05) is 19.8 Å². The van der Waals surface area contributed by atoms with Crippen molar-refractivity contribution in [2.24, 2.45) is 0 Å². The van der Waals surface area contributed by atoms with Crippen LogP contribution in [0.1, 0.15) is 30.6 Å². The molecule has 0 saturated heterocycles. The maximum Gasteiger partial charge on any atom is 0.250 e. The first-order chi connectivity index (χ1) is 10.0. The van der Waals surface area contributed by atoms with Gasteiger partial charge in [0.15, 0.2) is 0 Å². The topological polar surface area (TPSA) is 58.2 Å². The average molecular weight is 349 g/mol. The minimum absolute atomic E-state index is 0.0871.